The molecule has 2 heterocycles. The molecular weight excluding hydrogens is 380 g/mol. The van der Waals surface area contributed by atoms with Gasteiger partial charge in [0.05, 0.1) is 6.10 Å². The van der Waals surface area contributed by atoms with Crippen LogP contribution in [0, 0.1) is 5.92 Å². The third kappa shape index (κ3) is 6.44. The Morgan fingerprint density at radius 1 is 1.10 bits per heavy atom. The average Bonchev–Trinajstić information content (AvgIpc) is 3.25. The largest absolute Gasteiger partial charge is 0.376 e. The first kappa shape index (κ1) is 22.6. The van der Waals surface area contributed by atoms with Crippen LogP contribution >= 0.6 is 0 Å². The Kier molecular flexibility index (Phi) is 8.10. The monoisotopic (exact) mass is 416 g/mol. The lowest BCUT2D eigenvalue weighted by Gasteiger charge is -2.30. The molecule has 0 bridgehead atoms. The number of amides is 3. The molecule has 7 nitrogen and oxygen atoms in total. The summed E-state index contributed by atoms with van der Waals surface area (Å²) in [5.41, 5.74) is 1.37. The fraction of sp³-hybridized carbons (Fsp3) is 0.652. The number of urea groups is 1. The highest BCUT2D eigenvalue weighted by Gasteiger charge is 2.24. The highest BCUT2D eigenvalue weighted by atomic mass is 16.5. The van der Waals surface area contributed by atoms with Crippen LogP contribution in [-0.4, -0.2) is 86.2 Å². The number of piperidine rings is 1. The number of benzene rings is 1. The van der Waals surface area contributed by atoms with Gasteiger partial charge in [-0.2, -0.15) is 0 Å². The second-order valence-electron chi connectivity index (χ2n) is 8.87. The van der Waals surface area contributed by atoms with E-state index in [2.05, 4.69) is 17.1 Å². The third-order valence-electron chi connectivity index (χ3n) is 6.01. The lowest BCUT2D eigenvalue weighted by Crippen LogP contribution is -2.43. The Labute approximate surface area is 180 Å². The number of nitrogens with zero attached hydrogens (tertiary/aromatic N) is 3. The van der Waals surface area contributed by atoms with Gasteiger partial charge in [-0.1, -0.05) is 6.92 Å². The minimum atomic E-state index is -0.128. The van der Waals surface area contributed by atoms with E-state index in [1.807, 2.05) is 36.0 Å². The summed E-state index contributed by atoms with van der Waals surface area (Å²) < 4.78 is 5.72. The van der Waals surface area contributed by atoms with E-state index >= 15 is 0 Å². The summed E-state index contributed by atoms with van der Waals surface area (Å²) >= 11 is 0. The normalized spacial score (nSPS) is 19.9. The van der Waals surface area contributed by atoms with E-state index in [1.165, 1.54) is 0 Å². The van der Waals surface area contributed by atoms with Crippen LogP contribution in [0.1, 0.15) is 43.0 Å². The van der Waals surface area contributed by atoms with Crippen molar-refractivity contribution >= 4 is 17.6 Å². The van der Waals surface area contributed by atoms with Crippen LogP contribution in [0.2, 0.25) is 0 Å². The first-order valence-electron chi connectivity index (χ1n) is 11.1. The maximum Gasteiger partial charge on any atom is 0.321 e. The fourth-order valence-corrected chi connectivity index (χ4v) is 3.92. The fourth-order valence-electron chi connectivity index (χ4n) is 3.92. The van der Waals surface area contributed by atoms with Crippen LogP contribution in [0.25, 0.3) is 0 Å². The zero-order chi connectivity index (χ0) is 21.5. The first-order valence-corrected chi connectivity index (χ1v) is 11.1. The van der Waals surface area contributed by atoms with E-state index in [-0.39, 0.29) is 18.0 Å². The lowest BCUT2D eigenvalue weighted by molar-refractivity contribution is 0.0697. The van der Waals surface area contributed by atoms with Gasteiger partial charge in [-0.15, -0.1) is 0 Å². The Bertz CT molecular complexity index is 693. The van der Waals surface area contributed by atoms with Crippen molar-refractivity contribution in [2.24, 2.45) is 5.92 Å². The molecule has 0 aromatic heterocycles. The maximum absolute atomic E-state index is 12.9. The van der Waals surface area contributed by atoms with E-state index in [0.29, 0.717) is 30.3 Å². The number of hydrogen-bond acceptors (Lipinski definition) is 4. The molecule has 3 rings (SSSR count). The van der Waals surface area contributed by atoms with Gasteiger partial charge in [-0.05, 0) is 70.0 Å². The van der Waals surface area contributed by atoms with E-state index in [9.17, 15) is 9.59 Å². The molecule has 2 aliphatic rings. The Balaban J connectivity index is 1.57. The predicted octanol–water partition coefficient (Wildman–Crippen LogP) is 3.13. The lowest BCUT2D eigenvalue weighted by atomic mass is 9.98. The van der Waals surface area contributed by atoms with Crippen LogP contribution in [0.3, 0.4) is 0 Å². The maximum atomic E-state index is 12.9. The molecule has 7 heteroatoms. The van der Waals surface area contributed by atoms with Gasteiger partial charge >= 0.3 is 6.03 Å². The summed E-state index contributed by atoms with van der Waals surface area (Å²) in [5, 5.41) is 2.98. The molecule has 1 aromatic rings. The zero-order valence-electron chi connectivity index (χ0n) is 18.6. The van der Waals surface area contributed by atoms with Gasteiger partial charge in [-0.25, -0.2) is 4.79 Å². The molecule has 166 valence electrons. The van der Waals surface area contributed by atoms with Gasteiger partial charge < -0.3 is 24.8 Å². The summed E-state index contributed by atoms with van der Waals surface area (Å²) in [7, 11) is 4.00. The molecule has 0 radical (unpaired) electrons. The van der Waals surface area contributed by atoms with Gasteiger partial charge in [0.15, 0.2) is 0 Å². The highest BCUT2D eigenvalue weighted by molar-refractivity contribution is 5.95. The van der Waals surface area contributed by atoms with Gasteiger partial charge in [0.25, 0.3) is 5.91 Å². The molecule has 1 aromatic carbocycles. The molecule has 1 unspecified atom stereocenters. The zero-order valence-corrected chi connectivity index (χ0v) is 18.6. The van der Waals surface area contributed by atoms with Crippen molar-refractivity contribution in [2.45, 2.75) is 38.7 Å². The van der Waals surface area contributed by atoms with Crippen molar-refractivity contribution in [3.8, 4) is 0 Å². The number of hydrogen-bond donors (Lipinski definition) is 1. The van der Waals surface area contributed by atoms with Crippen LogP contribution in [0.5, 0.6) is 0 Å². The number of carbonyl (C=O) groups excluding carboxylic acids is 2. The molecule has 1 atom stereocenters. The van der Waals surface area contributed by atoms with Gasteiger partial charge in [0, 0.05) is 50.6 Å². The second kappa shape index (κ2) is 10.8. The number of ether oxygens (including phenoxy) is 1. The smallest absolute Gasteiger partial charge is 0.321 e. The molecule has 0 aliphatic carbocycles. The van der Waals surface area contributed by atoms with Crippen molar-refractivity contribution in [3.63, 3.8) is 0 Å². The van der Waals surface area contributed by atoms with Crippen LogP contribution in [-0.2, 0) is 4.74 Å². The molecular formula is C23H36N4O3. The number of rotatable bonds is 7. The molecule has 3 amide bonds. The molecule has 2 saturated heterocycles. The average molecular weight is 417 g/mol. The number of likely N-dealkylation sites (N-methyl/N-ethyl adjacent to an activating group) is 1. The third-order valence-corrected chi connectivity index (χ3v) is 6.01. The molecule has 2 aliphatic heterocycles. The first-order chi connectivity index (χ1) is 14.4. The summed E-state index contributed by atoms with van der Waals surface area (Å²) in [5.74, 6) is 0.766. The van der Waals surface area contributed by atoms with Gasteiger partial charge in [0.2, 0.25) is 0 Å². The second-order valence-corrected chi connectivity index (χ2v) is 8.87. The summed E-state index contributed by atoms with van der Waals surface area (Å²) in [4.78, 5) is 31.4. The van der Waals surface area contributed by atoms with E-state index in [0.717, 1.165) is 51.9 Å². The van der Waals surface area contributed by atoms with Crippen LogP contribution in [0.15, 0.2) is 24.3 Å². The Morgan fingerprint density at radius 2 is 1.80 bits per heavy atom. The number of nitrogens with one attached hydrogen (secondary N) is 1. The molecule has 30 heavy (non-hydrogen) atoms. The van der Waals surface area contributed by atoms with Gasteiger partial charge in [0.1, 0.15) is 0 Å². The highest BCUT2D eigenvalue weighted by Crippen LogP contribution is 2.20. The van der Waals surface area contributed by atoms with Crippen LogP contribution < -0.4 is 5.32 Å². The van der Waals surface area contributed by atoms with Gasteiger partial charge in [-0.3, -0.25) is 4.79 Å². The van der Waals surface area contributed by atoms with Crippen molar-refractivity contribution in [1.82, 2.24) is 14.7 Å². The topological polar surface area (TPSA) is 65.1 Å². The van der Waals surface area contributed by atoms with Crippen molar-refractivity contribution in [3.05, 3.63) is 29.8 Å². The standard InChI is InChI=1S/C23H36N4O3/c1-18-10-12-26(13-11-18)22(28)19-6-8-20(9-7-19)24-23(29)27(15-14-25(2)3)17-21-5-4-16-30-21/h6-9,18,21H,4-5,10-17H2,1-3H3,(H,24,29). The molecule has 0 saturated carbocycles. The predicted molar refractivity (Wildman–Crippen MR) is 119 cm³/mol. The minimum absolute atomic E-state index is 0.0748. The summed E-state index contributed by atoms with van der Waals surface area (Å²) in [6.07, 6.45) is 4.29. The van der Waals surface area contributed by atoms with E-state index < -0.39 is 0 Å². The van der Waals surface area contributed by atoms with E-state index in [1.54, 1.807) is 12.1 Å². The Hall–Kier alpha value is -2.12. The van der Waals surface area contributed by atoms with Crippen LogP contribution in [0.4, 0.5) is 10.5 Å². The van der Waals surface area contributed by atoms with E-state index in [4.69, 9.17) is 4.74 Å². The van der Waals surface area contributed by atoms with Crippen molar-refractivity contribution in [2.75, 3.05) is 58.7 Å². The molecule has 2 fully saturated rings. The number of carbonyl (C=O) groups is 2. The summed E-state index contributed by atoms with van der Waals surface area (Å²) in [6.45, 7) is 6.69. The number of anilines is 1. The van der Waals surface area contributed by atoms with Crippen molar-refractivity contribution in [1.29, 1.82) is 0 Å². The Morgan fingerprint density at radius 3 is 2.40 bits per heavy atom. The minimum Gasteiger partial charge on any atom is -0.376 e. The molecule has 1 N–H and O–H groups in total. The SMILES string of the molecule is CC1CCN(C(=O)c2ccc(NC(=O)N(CCN(C)C)CC3CCCO3)cc2)CC1. The summed E-state index contributed by atoms with van der Waals surface area (Å²) in [6, 6.07) is 7.11. The number of likely N-dealkylation sites (tertiary alicyclic amines) is 1. The molecule has 0 spiro atoms. The quantitative estimate of drug-likeness (QED) is 0.742. The van der Waals surface area contributed by atoms with Crippen molar-refractivity contribution < 1.29 is 14.3 Å².